The summed E-state index contributed by atoms with van der Waals surface area (Å²) in [6.45, 7) is 2.60. The molecule has 0 spiro atoms. The molecule has 2 heterocycles. The van der Waals surface area contributed by atoms with Crippen molar-refractivity contribution in [1.29, 1.82) is 0 Å². The number of carbonyl (C=O) groups is 1. The molecule has 2 aliphatic rings. The number of rotatable bonds is 9. The predicted octanol–water partition coefficient (Wildman–Crippen LogP) is 4.65. The van der Waals surface area contributed by atoms with E-state index in [4.69, 9.17) is 14.3 Å². The van der Waals surface area contributed by atoms with E-state index in [1.54, 1.807) is 23.8 Å². The Morgan fingerprint density at radius 1 is 1.08 bits per heavy atom. The van der Waals surface area contributed by atoms with E-state index in [1.807, 2.05) is 55.5 Å². The number of amides is 1. The third-order valence-corrected chi connectivity index (χ3v) is 7.33. The monoisotopic (exact) mass is 518 g/mol. The maximum absolute atomic E-state index is 13.9. The number of anilines is 1. The molecule has 1 saturated carbocycles. The first-order chi connectivity index (χ1) is 18.5. The lowest BCUT2D eigenvalue weighted by Crippen LogP contribution is -2.39. The van der Waals surface area contributed by atoms with Crippen LogP contribution in [0.3, 0.4) is 0 Å². The van der Waals surface area contributed by atoms with Crippen LogP contribution in [0, 0.1) is 5.92 Å². The van der Waals surface area contributed by atoms with Crippen LogP contribution in [0.25, 0.3) is 5.69 Å². The number of methoxy groups -OCH3 is 1. The highest BCUT2D eigenvalue weighted by Crippen LogP contribution is 2.33. The molecular weight excluding hydrogens is 484 g/mol. The van der Waals surface area contributed by atoms with Gasteiger partial charge < -0.3 is 24.3 Å². The van der Waals surface area contributed by atoms with Crippen molar-refractivity contribution in [2.45, 2.75) is 45.3 Å². The van der Waals surface area contributed by atoms with Gasteiger partial charge in [-0.1, -0.05) is 30.1 Å². The Hall–Kier alpha value is -3.69. The summed E-state index contributed by atoms with van der Waals surface area (Å²) in [6.07, 6.45) is 3.97. The van der Waals surface area contributed by atoms with E-state index < -0.39 is 6.29 Å². The SMILES string of the molecule is CCOC(O)c1nn(-c2ccc(OC)cc2)c2c1CCN(c1ccc(/C(=N\OC)C3CCCC3)cc1)C2=O. The molecule has 0 radical (unpaired) electrons. The smallest absolute Gasteiger partial charge is 0.277 e. The number of ether oxygens (including phenoxy) is 2. The Bertz CT molecular complexity index is 1290. The van der Waals surface area contributed by atoms with Gasteiger partial charge >= 0.3 is 0 Å². The maximum atomic E-state index is 13.9. The van der Waals surface area contributed by atoms with Gasteiger partial charge in [0.05, 0.1) is 18.5 Å². The minimum Gasteiger partial charge on any atom is -0.497 e. The second kappa shape index (κ2) is 11.4. The molecule has 200 valence electrons. The molecular formula is C29H34N4O5. The highest BCUT2D eigenvalue weighted by atomic mass is 16.6. The normalized spacial score (nSPS) is 17.0. The van der Waals surface area contributed by atoms with Crippen molar-refractivity contribution in [2.24, 2.45) is 11.1 Å². The average molecular weight is 519 g/mol. The Morgan fingerprint density at radius 2 is 1.76 bits per heavy atom. The molecule has 38 heavy (non-hydrogen) atoms. The molecule has 1 unspecified atom stereocenters. The zero-order valence-corrected chi connectivity index (χ0v) is 22.1. The topological polar surface area (TPSA) is 98.4 Å². The molecule has 1 aliphatic heterocycles. The number of aliphatic hydroxyl groups excluding tert-OH is 1. The quantitative estimate of drug-likeness (QED) is 0.252. The summed E-state index contributed by atoms with van der Waals surface area (Å²) in [7, 11) is 3.18. The van der Waals surface area contributed by atoms with E-state index in [0.717, 1.165) is 29.8 Å². The van der Waals surface area contributed by atoms with Gasteiger partial charge in [-0.05, 0) is 68.1 Å². The number of hydrogen-bond acceptors (Lipinski definition) is 7. The van der Waals surface area contributed by atoms with E-state index in [1.165, 1.54) is 12.8 Å². The summed E-state index contributed by atoms with van der Waals surface area (Å²) < 4.78 is 12.3. The van der Waals surface area contributed by atoms with Crippen LogP contribution in [0.1, 0.15) is 66.2 Å². The molecule has 0 saturated heterocycles. The molecule has 1 atom stereocenters. The van der Waals surface area contributed by atoms with Gasteiger partial charge in [0.15, 0.2) is 0 Å². The zero-order valence-electron chi connectivity index (χ0n) is 22.1. The molecule has 0 bridgehead atoms. The number of carbonyl (C=O) groups excluding carboxylic acids is 1. The van der Waals surface area contributed by atoms with Crippen molar-refractivity contribution in [2.75, 3.05) is 32.3 Å². The number of oxime groups is 1. The van der Waals surface area contributed by atoms with Crippen molar-refractivity contribution in [1.82, 2.24) is 9.78 Å². The van der Waals surface area contributed by atoms with Crippen LogP contribution < -0.4 is 9.64 Å². The van der Waals surface area contributed by atoms with Crippen LogP contribution in [0.15, 0.2) is 53.7 Å². The van der Waals surface area contributed by atoms with E-state index in [0.29, 0.717) is 53.9 Å². The van der Waals surface area contributed by atoms with Gasteiger partial charge in [0.25, 0.3) is 5.91 Å². The standard InChI is InChI=1S/C29H34N4O5/c1-4-38-29(35)26-24-17-18-32(28(34)27(24)33(30-26)22-13-15-23(36-2)16-14-22)21-11-9-20(10-12-21)25(31-37-3)19-7-5-6-8-19/h9-16,19,29,35H,4-8,17-18H2,1-3H3/b31-25-. The van der Waals surface area contributed by atoms with Crippen LogP contribution in [0.4, 0.5) is 5.69 Å². The first-order valence-corrected chi connectivity index (χ1v) is 13.1. The van der Waals surface area contributed by atoms with Crippen molar-refractivity contribution >= 4 is 17.3 Å². The van der Waals surface area contributed by atoms with Crippen LogP contribution in [-0.4, -0.2) is 53.9 Å². The number of aromatic nitrogens is 2. The fourth-order valence-corrected chi connectivity index (χ4v) is 5.45. The summed E-state index contributed by atoms with van der Waals surface area (Å²) in [5, 5.41) is 19.6. The lowest BCUT2D eigenvalue weighted by Gasteiger charge is -2.28. The van der Waals surface area contributed by atoms with Crippen LogP contribution in [0.5, 0.6) is 5.75 Å². The van der Waals surface area contributed by atoms with Crippen molar-refractivity contribution in [3.8, 4) is 11.4 Å². The Balaban J connectivity index is 1.49. The van der Waals surface area contributed by atoms with Crippen molar-refractivity contribution in [3.63, 3.8) is 0 Å². The Kier molecular flexibility index (Phi) is 7.76. The molecule has 1 aromatic heterocycles. The van der Waals surface area contributed by atoms with Crippen LogP contribution in [0.2, 0.25) is 0 Å². The van der Waals surface area contributed by atoms with Crippen LogP contribution >= 0.6 is 0 Å². The van der Waals surface area contributed by atoms with Gasteiger partial charge in [-0.3, -0.25) is 4.79 Å². The fraction of sp³-hybridized carbons (Fsp3) is 0.414. The minimum absolute atomic E-state index is 0.182. The Labute approximate surface area is 222 Å². The van der Waals surface area contributed by atoms with E-state index in [9.17, 15) is 9.90 Å². The molecule has 1 aliphatic carbocycles. The maximum Gasteiger partial charge on any atom is 0.277 e. The molecule has 1 N–H and O–H groups in total. The van der Waals surface area contributed by atoms with Gasteiger partial charge in [-0.2, -0.15) is 5.10 Å². The molecule has 5 rings (SSSR count). The minimum atomic E-state index is -1.21. The highest BCUT2D eigenvalue weighted by Gasteiger charge is 2.35. The number of aliphatic hydroxyl groups is 1. The van der Waals surface area contributed by atoms with Gasteiger partial charge in [0, 0.05) is 30.3 Å². The average Bonchev–Trinajstić information content (AvgIpc) is 3.61. The van der Waals surface area contributed by atoms with Crippen LogP contribution in [-0.2, 0) is 16.0 Å². The van der Waals surface area contributed by atoms with Crippen molar-refractivity contribution < 1.29 is 24.2 Å². The van der Waals surface area contributed by atoms with Gasteiger partial charge in [0.1, 0.15) is 24.2 Å². The third-order valence-electron chi connectivity index (χ3n) is 7.33. The zero-order chi connectivity index (χ0) is 26.6. The molecule has 2 aromatic carbocycles. The number of benzene rings is 2. The second-order valence-electron chi connectivity index (χ2n) is 9.52. The molecule has 1 amide bonds. The summed E-state index contributed by atoms with van der Waals surface area (Å²) in [4.78, 5) is 20.8. The van der Waals surface area contributed by atoms with Gasteiger partial charge in [-0.25, -0.2) is 4.68 Å². The van der Waals surface area contributed by atoms with E-state index >= 15 is 0 Å². The summed E-state index contributed by atoms with van der Waals surface area (Å²) in [6, 6.07) is 15.3. The molecule has 3 aromatic rings. The van der Waals surface area contributed by atoms with E-state index in [-0.39, 0.29) is 5.91 Å². The lowest BCUT2D eigenvalue weighted by molar-refractivity contribution is -0.101. The lowest BCUT2D eigenvalue weighted by atomic mass is 9.95. The molecule has 9 nitrogen and oxygen atoms in total. The second-order valence-corrected chi connectivity index (χ2v) is 9.52. The van der Waals surface area contributed by atoms with Crippen molar-refractivity contribution in [3.05, 3.63) is 71.0 Å². The Morgan fingerprint density at radius 3 is 2.39 bits per heavy atom. The molecule has 9 heteroatoms. The predicted molar refractivity (Wildman–Crippen MR) is 144 cm³/mol. The van der Waals surface area contributed by atoms with E-state index in [2.05, 4.69) is 10.3 Å². The number of nitrogens with zero attached hydrogens (tertiary/aromatic N) is 4. The highest BCUT2D eigenvalue weighted by molar-refractivity contribution is 6.08. The third kappa shape index (κ3) is 4.91. The number of hydrogen-bond donors (Lipinski definition) is 1. The summed E-state index contributed by atoms with van der Waals surface area (Å²) >= 11 is 0. The fourth-order valence-electron chi connectivity index (χ4n) is 5.45. The summed E-state index contributed by atoms with van der Waals surface area (Å²) in [5.41, 5.74) is 4.97. The number of fused-ring (bicyclic) bond motifs is 1. The molecule has 1 fully saturated rings. The first-order valence-electron chi connectivity index (χ1n) is 13.1. The largest absolute Gasteiger partial charge is 0.497 e. The summed E-state index contributed by atoms with van der Waals surface area (Å²) in [5.74, 6) is 0.916. The van der Waals surface area contributed by atoms with Gasteiger partial charge in [0.2, 0.25) is 6.29 Å². The van der Waals surface area contributed by atoms with Gasteiger partial charge in [-0.15, -0.1) is 0 Å². The first kappa shape index (κ1) is 25.9.